The second-order valence-corrected chi connectivity index (χ2v) is 4.58. The Morgan fingerprint density at radius 1 is 0.889 bits per heavy atom. The van der Waals surface area contributed by atoms with Gasteiger partial charge in [-0.25, -0.2) is 0 Å². The summed E-state index contributed by atoms with van der Waals surface area (Å²) in [7, 11) is 0. The van der Waals surface area contributed by atoms with E-state index in [9.17, 15) is 9.59 Å². The number of hydrogen-bond donors (Lipinski definition) is 0. The van der Waals surface area contributed by atoms with Gasteiger partial charge in [-0.2, -0.15) is 0 Å². The topological polar surface area (TPSA) is 49.9 Å². The summed E-state index contributed by atoms with van der Waals surface area (Å²) in [6, 6.07) is 0. The summed E-state index contributed by atoms with van der Waals surface area (Å²) in [6.45, 7) is 4.26. The summed E-state index contributed by atoms with van der Waals surface area (Å²) in [5, 5.41) is 0. The Bertz CT molecular complexity index is 266. The van der Waals surface area contributed by atoms with Gasteiger partial charge in [0.2, 0.25) is 11.8 Å². The summed E-state index contributed by atoms with van der Waals surface area (Å²) in [4.78, 5) is 26.3. The molecule has 5 heteroatoms. The average Bonchev–Trinajstić information content (AvgIpc) is 2.89. The highest BCUT2D eigenvalue weighted by Crippen LogP contribution is 2.09. The van der Waals surface area contributed by atoms with Crippen LogP contribution in [-0.4, -0.2) is 61.0 Å². The molecule has 0 atom stereocenters. The van der Waals surface area contributed by atoms with Crippen LogP contribution in [0.1, 0.15) is 33.1 Å². The van der Waals surface area contributed by atoms with Crippen LogP contribution >= 0.6 is 0 Å². The minimum atomic E-state index is 0. The lowest BCUT2D eigenvalue weighted by atomic mass is 10.4. The van der Waals surface area contributed by atoms with E-state index in [0.717, 1.165) is 25.9 Å². The van der Waals surface area contributed by atoms with Gasteiger partial charge in [-0.15, -0.1) is 0 Å². The van der Waals surface area contributed by atoms with E-state index < -0.39 is 0 Å². The Morgan fingerprint density at radius 3 is 1.67 bits per heavy atom. The van der Waals surface area contributed by atoms with Gasteiger partial charge in [0.1, 0.15) is 0 Å². The third kappa shape index (κ3) is 3.98. The lowest BCUT2D eigenvalue weighted by Gasteiger charge is -2.17. The van der Waals surface area contributed by atoms with Gasteiger partial charge in [0.15, 0.2) is 0 Å². The van der Waals surface area contributed by atoms with Gasteiger partial charge in [-0.3, -0.25) is 9.59 Å². The van der Waals surface area contributed by atoms with Crippen LogP contribution in [-0.2, 0) is 14.3 Å². The van der Waals surface area contributed by atoms with Crippen molar-refractivity contribution in [2.45, 2.75) is 33.1 Å². The van der Waals surface area contributed by atoms with Crippen LogP contribution in [0.25, 0.3) is 0 Å². The first-order valence-electron chi connectivity index (χ1n) is 6.40. The predicted octanol–water partition coefficient (Wildman–Crippen LogP) is 0.884. The molecule has 0 saturated carbocycles. The van der Waals surface area contributed by atoms with Crippen molar-refractivity contribution in [2.24, 2.45) is 0 Å². The maximum Gasteiger partial charge on any atom is 0.222 e. The highest BCUT2D eigenvalue weighted by molar-refractivity contribution is 5.78. The number of carbonyl (C=O) groups is 2. The van der Waals surface area contributed by atoms with Crippen LogP contribution < -0.4 is 0 Å². The van der Waals surface area contributed by atoms with Crippen molar-refractivity contribution >= 4 is 11.8 Å². The summed E-state index contributed by atoms with van der Waals surface area (Å²) in [5.41, 5.74) is 0. The smallest absolute Gasteiger partial charge is 0.222 e. The zero-order valence-corrected chi connectivity index (χ0v) is 10.2. The van der Waals surface area contributed by atoms with Crippen LogP contribution in [0.4, 0.5) is 0 Å². The molecule has 0 aromatic rings. The van der Waals surface area contributed by atoms with Gasteiger partial charge in [0.05, 0.1) is 13.2 Å². The second-order valence-electron chi connectivity index (χ2n) is 4.58. The molecule has 0 bridgehead atoms. The molecular weight excluding hydrogens is 232 g/mol. The largest absolute Gasteiger partial charge is 0.378 e. The predicted molar refractivity (Wildman–Crippen MR) is 69.2 cm³/mol. The summed E-state index contributed by atoms with van der Waals surface area (Å²) >= 11 is 0. The van der Waals surface area contributed by atoms with Crippen LogP contribution in [0.2, 0.25) is 0 Å². The van der Waals surface area contributed by atoms with E-state index in [1.165, 1.54) is 0 Å². The molecule has 5 nitrogen and oxygen atoms in total. The van der Waals surface area contributed by atoms with E-state index in [1.54, 1.807) is 0 Å². The van der Waals surface area contributed by atoms with E-state index in [-0.39, 0.29) is 19.2 Å². The first-order chi connectivity index (χ1) is 8.27. The monoisotopic (exact) mass is 256 g/mol. The second kappa shape index (κ2) is 7.36. The molecule has 104 valence electrons. The Balaban J connectivity index is 0.00000162. The average molecular weight is 256 g/mol. The fourth-order valence-corrected chi connectivity index (χ4v) is 2.33. The highest BCUT2D eigenvalue weighted by atomic mass is 16.5. The van der Waals surface area contributed by atoms with E-state index >= 15 is 0 Å². The minimum absolute atomic E-state index is 0. The summed E-state index contributed by atoms with van der Waals surface area (Å²) in [6.07, 6.45) is 3.31. The first-order valence-corrected chi connectivity index (χ1v) is 6.40. The zero-order chi connectivity index (χ0) is 12.1. The molecule has 0 aliphatic carbocycles. The molecule has 2 heterocycles. The molecule has 2 fully saturated rings. The number of nitrogens with zero attached hydrogens (tertiary/aromatic N) is 2. The zero-order valence-electron chi connectivity index (χ0n) is 10.2. The lowest BCUT2D eigenvalue weighted by molar-refractivity contribution is -0.128. The number of likely N-dealkylation sites (tertiary alicyclic amines) is 2. The van der Waals surface area contributed by atoms with Crippen LogP contribution in [0, 0.1) is 0 Å². The minimum Gasteiger partial charge on any atom is -0.378 e. The highest BCUT2D eigenvalue weighted by Gasteiger charge is 2.20. The van der Waals surface area contributed by atoms with Crippen molar-refractivity contribution < 1.29 is 14.3 Å². The third-order valence-corrected chi connectivity index (χ3v) is 3.35. The maximum absolute atomic E-state index is 11.3. The molecule has 0 aromatic heterocycles. The van der Waals surface area contributed by atoms with Crippen LogP contribution in [0.3, 0.4) is 0 Å². The number of amides is 2. The first kappa shape index (κ1) is 15.0. The van der Waals surface area contributed by atoms with Gasteiger partial charge >= 0.3 is 0 Å². The molecule has 0 spiro atoms. The van der Waals surface area contributed by atoms with Crippen molar-refractivity contribution in [3.63, 3.8) is 0 Å². The molecule has 2 amide bonds. The molecule has 2 rings (SSSR count). The molecular formula is C13H24N2O3. The lowest BCUT2D eigenvalue weighted by Crippen LogP contribution is -2.31. The fraction of sp³-hybridized carbons (Fsp3) is 0.846. The molecule has 0 unspecified atom stereocenters. The van der Waals surface area contributed by atoms with Crippen molar-refractivity contribution in [1.29, 1.82) is 0 Å². The van der Waals surface area contributed by atoms with Crippen molar-refractivity contribution in [1.82, 2.24) is 9.80 Å². The van der Waals surface area contributed by atoms with Crippen molar-refractivity contribution in [2.75, 3.05) is 39.4 Å². The number of ether oxygens (including phenoxy) is 1. The number of rotatable bonds is 6. The fourth-order valence-electron chi connectivity index (χ4n) is 2.33. The Hall–Kier alpha value is -1.10. The molecule has 0 N–H and O–H groups in total. The SMILES string of the molecule is C.O=C1CCCN1CCOCCN1CCCC1=O. The number of hydrogen-bond acceptors (Lipinski definition) is 3. The summed E-state index contributed by atoms with van der Waals surface area (Å²) < 4.78 is 5.47. The number of carbonyl (C=O) groups excluding carboxylic acids is 2. The Morgan fingerprint density at radius 2 is 1.33 bits per heavy atom. The van der Waals surface area contributed by atoms with Gasteiger partial charge in [-0.05, 0) is 12.8 Å². The molecule has 2 saturated heterocycles. The maximum atomic E-state index is 11.3. The third-order valence-electron chi connectivity index (χ3n) is 3.35. The van der Waals surface area contributed by atoms with Gasteiger partial charge in [-0.1, -0.05) is 7.43 Å². The Kier molecular flexibility index (Phi) is 6.12. The molecule has 0 aromatic carbocycles. The standard InChI is InChI=1S/C12H20N2O3.CH4/c15-11-3-1-5-13(11)7-9-17-10-8-14-6-2-4-12(14)16;/h1-10H2;1H4. The molecule has 0 radical (unpaired) electrons. The molecule has 18 heavy (non-hydrogen) atoms. The summed E-state index contributed by atoms with van der Waals surface area (Å²) in [5.74, 6) is 0.478. The van der Waals surface area contributed by atoms with E-state index in [4.69, 9.17) is 4.74 Å². The van der Waals surface area contributed by atoms with Gasteiger partial charge in [0.25, 0.3) is 0 Å². The molecule has 2 aliphatic rings. The van der Waals surface area contributed by atoms with E-state index in [1.807, 2.05) is 9.80 Å². The molecule has 2 aliphatic heterocycles. The van der Waals surface area contributed by atoms with Crippen molar-refractivity contribution in [3.8, 4) is 0 Å². The van der Waals surface area contributed by atoms with Gasteiger partial charge in [0, 0.05) is 39.0 Å². The van der Waals surface area contributed by atoms with Crippen LogP contribution in [0.15, 0.2) is 0 Å². The van der Waals surface area contributed by atoms with E-state index in [2.05, 4.69) is 0 Å². The van der Waals surface area contributed by atoms with E-state index in [0.29, 0.717) is 39.1 Å². The Labute approximate surface area is 109 Å². The van der Waals surface area contributed by atoms with Crippen molar-refractivity contribution in [3.05, 3.63) is 0 Å². The van der Waals surface area contributed by atoms with Crippen LogP contribution in [0.5, 0.6) is 0 Å². The van der Waals surface area contributed by atoms with Gasteiger partial charge < -0.3 is 14.5 Å². The quantitative estimate of drug-likeness (QED) is 0.663. The normalized spacial score (nSPS) is 19.6.